The monoisotopic (exact) mass is 243 g/mol. The maximum atomic E-state index is 11.5. The van der Waals surface area contributed by atoms with E-state index in [0.29, 0.717) is 5.70 Å². The van der Waals surface area contributed by atoms with E-state index in [1.807, 2.05) is 0 Å². The standard InChI is InChI=1S/C10H13NO6/c1-15-10(14)4-3-6-7(5-10)17-9(13)8(12)11(6)16-2/h3,5,9,13-14H,4H2,1-2H3. The Labute approximate surface area is 97.4 Å². The number of carbonyl (C=O) groups excluding carboxylic acids is 1. The molecule has 2 N–H and O–H groups in total. The van der Waals surface area contributed by atoms with Gasteiger partial charge in [0, 0.05) is 19.6 Å². The highest BCUT2D eigenvalue weighted by Gasteiger charge is 2.40. The summed E-state index contributed by atoms with van der Waals surface area (Å²) in [5.41, 5.74) is 0.338. The molecular formula is C10H13NO6. The van der Waals surface area contributed by atoms with Crippen LogP contribution in [0.4, 0.5) is 0 Å². The lowest BCUT2D eigenvalue weighted by atomic mass is 10.0. The molecule has 0 bridgehead atoms. The number of aliphatic hydroxyl groups is 2. The van der Waals surface area contributed by atoms with E-state index < -0.39 is 18.0 Å². The average Bonchev–Trinajstić information content (AvgIpc) is 2.31. The molecule has 1 fully saturated rings. The summed E-state index contributed by atoms with van der Waals surface area (Å²) in [6.07, 6.45) is 1.31. The molecule has 0 radical (unpaired) electrons. The van der Waals surface area contributed by atoms with Crippen LogP contribution < -0.4 is 0 Å². The number of hydrogen-bond donors (Lipinski definition) is 2. The van der Waals surface area contributed by atoms with Crippen LogP contribution in [-0.2, 0) is 19.1 Å². The number of aliphatic hydroxyl groups excluding tert-OH is 1. The number of hydroxylamine groups is 2. The Morgan fingerprint density at radius 3 is 2.88 bits per heavy atom. The maximum absolute atomic E-state index is 11.5. The topological polar surface area (TPSA) is 88.5 Å². The van der Waals surface area contributed by atoms with Gasteiger partial charge in [0.1, 0.15) is 5.70 Å². The molecule has 7 heteroatoms. The first-order chi connectivity index (χ1) is 8.00. The number of fused-ring (bicyclic) bond motifs is 1. The third-order valence-corrected chi connectivity index (χ3v) is 2.60. The summed E-state index contributed by atoms with van der Waals surface area (Å²) >= 11 is 0. The van der Waals surface area contributed by atoms with Crippen LogP contribution in [0.25, 0.3) is 0 Å². The average molecular weight is 243 g/mol. The van der Waals surface area contributed by atoms with Crippen LogP contribution in [0.2, 0.25) is 0 Å². The van der Waals surface area contributed by atoms with Crippen LogP contribution in [-0.4, -0.2) is 47.5 Å². The summed E-state index contributed by atoms with van der Waals surface area (Å²) in [7, 11) is 2.64. The van der Waals surface area contributed by atoms with Gasteiger partial charge < -0.3 is 19.7 Å². The van der Waals surface area contributed by atoms with E-state index in [-0.39, 0.29) is 12.2 Å². The second-order valence-electron chi connectivity index (χ2n) is 3.64. The summed E-state index contributed by atoms with van der Waals surface area (Å²) in [5, 5.41) is 20.2. The van der Waals surface area contributed by atoms with Gasteiger partial charge in [0.2, 0.25) is 0 Å². The fraction of sp³-hybridized carbons (Fsp3) is 0.500. The Balaban J connectivity index is 2.35. The lowest BCUT2D eigenvalue weighted by molar-refractivity contribution is -0.210. The third-order valence-electron chi connectivity index (χ3n) is 2.60. The SMILES string of the molecule is CON1C(=O)C(O)OC2=CC(O)(OC)CC=C21. The maximum Gasteiger partial charge on any atom is 0.320 e. The zero-order valence-electron chi connectivity index (χ0n) is 9.41. The number of nitrogens with zero attached hydrogens (tertiary/aromatic N) is 1. The zero-order chi connectivity index (χ0) is 12.6. The van der Waals surface area contributed by atoms with Gasteiger partial charge in [-0.25, -0.2) is 0 Å². The van der Waals surface area contributed by atoms with Crippen molar-refractivity contribution in [2.75, 3.05) is 14.2 Å². The van der Waals surface area contributed by atoms with Gasteiger partial charge in [0.15, 0.2) is 11.5 Å². The van der Waals surface area contributed by atoms with E-state index in [1.54, 1.807) is 0 Å². The molecule has 2 rings (SSSR count). The van der Waals surface area contributed by atoms with Crippen LogP contribution in [0.5, 0.6) is 0 Å². The summed E-state index contributed by atoms with van der Waals surface area (Å²) in [4.78, 5) is 16.4. The van der Waals surface area contributed by atoms with Gasteiger partial charge in [0.05, 0.1) is 7.11 Å². The number of amides is 1. The molecule has 0 spiro atoms. The lowest BCUT2D eigenvalue weighted by Crippen LogP contribution is -2.46. The summed E-state index contributed by atoms with van der Waals surface area (Å²) < 4.78 is 9.86. The number of hydrogen-bond acceptors (Lipinski definition) is 6. The predicted octanol–water partition coefficient (Wildman–Crippen LogP) is -0.769. The quantitative estimate of drug-likeness (QED) is 0.619. The number of ether oxygens (including phenoxy) is 2. The van der Waals surface area contributed by atoms with Gasteiger partial charge in [-0.1, -0.05) is 0 Å². The van der Waals surface area contributed by atoms with Crippen molar-refractivity contribution in [1.29, 1.82) is 0 Å². The molecule has 7 nitrogen and oxygen atoms in total. The van der Waals surface area contributed by atoms with Crippen LogP contribution in [0.1, 0.15) is 6.42 Å². The highest BCUT2D eigenvalue weighted by molar-refractivity contribution is 5.82. The van der Waals surface area contributed by atoms with Crippen LogP contribution in [0, 0.1) is 0 Å². The van der Waals surface area contributed by atoms with Gasteiger partial charge in [-0.2, -0.15) is 5.06 Å². The minimum absolute atomic E-state index is 0.134. The summed E-state index contributed by atoms with van der Waals surface area (Å²) in [6.45, 7) is 0. The van der Waals surface area contributed by atoms with Crippen LogP contribution >= 0.6 is 0 Å². The molecule has 2 aliphatic rings. The van der Waals surface area contributed by atoms with Crippen molar-refractivity contribution >= 4 is 5.91 Å². The van der Waals surface area contributed by atoms with Crippen LogP contribution in [0.15, 0.2) is 23.6 Å². The molecule has 94 valence electrons. The van der Waals surface area contributed by atoms with Crippen molar-refractivity contribution in [3.8, 4) is 0 Å². The summed E-state index contributed by atoms with van der Waals surface area (Å²) in [5.74, 6) is -2.09. The highest BCUT2D eigenvalue weighted by atomic mass is 16.7. The normalized spacial score (nSPS) is 32.6. The molecule has 0 saturated carbocycles. The first-order valence-corrected chi connectivity index (χ1v) is 4.94. The van der Waals surface area contributed by atoms with Gasteiger partial charge in [-0.05, 0) is 6.08 Å². The minimum Gasteiger partial charge on any atom is -0.453 e. The Kier molecular flexibility index (Phi) is 2.92. The van der Waals surface area contributed by atoms with Crippen molar-refractivity contribution in [2.45, 2.75) is 18.5 Å². The molecular weight excluding hydrogens is 230 g/mol. The van der Waals surface area contributed by atoms with E-state index in [2.05, 4.69) is 0 Å². The fourth-order valence-electron chi connectivity index (χ4n) is 1.68. The second-order valence-corrected chi connectivity index (χ2v) is 3.64. The minimum atomic E-state index is -1.66. The highest BCUT2D eigenvalue weighted by Crippen LogP contribution is 2.33. The Morgan fingerprint density at radius 2 is 2.29 bits per heavy atom. The number of morpholine rings is 1. The van der Waals surface area contributed by atoms with E-state index in [1.165, 1.54) is 26.4 Å². The van der Waals surface area contributed by atoms with E-state index in [9.17, 15) is 15.0 Å². The molecule has 0 aromatic carbocycles. The van der Waals surface area contributed by atoms with Crippen molar-refractivity contribution in [2.24, 2.45) is 0 Å². The lowest BCUT2D eigenvalue weighted by Gasteiger charge is -2.36. The molecule has 0 aromatic heterocycles. The zero-order valence-corrected chi connectivity index (χ0v) is 9.41. The van der Waals surface area contributed by atoms with Crippen molar-refractivity contribution in [1.82, 2.24) is 5.06 Å². The second kappa shape index (κ2) is 4.11. The smallest absolute Gasteiger partial charge is 0.320 e. The van der Waals surface area contributed by atoms with Gasteiger partial charge in [-0.15, -0.1) is 0 Å². The molecule has 1 amide bonds. The molecule has 17 heavy (non-hydrogen) atoms. The molecule has 0 aromatic rings. The van der Waals surface area contributed by atoms with Crippen molar-refractivity contribution in [3.05, 3.63) is 23.6 Å². The number of carbonyl (C=O) groups is 1. The molecule has 1 aliphatic heterocycles. The summed E-state index contributed by atoms with van der Waals surface area (Å²) in [6, 6.07) is 0. The van der Waals surface area contributed by atoms with E-state index in [0.717, 1.165) is 5.06 Å². The predicted molar refractivity (Wildman–Crippen MR) is 53.7 cm³/mol. The fourth-order valence-corrected chi connectivity index (χ4v) is 1.68. The van der Waals surface area contributed by atoms with E-state index in [4.69, 9.17) is 14.3 Å². The first-order valence-electron chi connectivity index (χ1n) is 4.94. The first kappa shape index (κ1) is 12.1. The largest absolute Gasteiger partial charge is 0.453 e. The molecule has 1 aliphatic carbocycles. The van der Waals surface area contributed by atoms with Gasteiger partial charge >= 0.3 is 5.91 Å². The van der Waals surface area contributed by atoms with Crippen molar-refractivity contribution in [3.63, 3.8) is 0 Å². The molecule has 1 saturated heterocycles. The third kappa shape index (κ3) is 1.93. The number of methoxy groups -OCH3 is 1. The van der Waals surface area contributed by atoms with Crippen LogP contribution in [0.3, 0.4) is 0 Å². The van der Waals surface area contributed by atoms with E-state index >= 15 is 0 Å². The molecule has 1 heterocycles. The Bertz CT molecular complexity index is 404. The Morgan fingerprint density at radius 1 is 1.59 bits per heavy atom. The molecule has 2 unspecified atom stereocenters. The Hall–Kier alpha value is -1.41. The number of rotatable bonds is 2. The van der Waals surface area contributed by atoms with Crippen molar-refractivity contribution < 1.29 is 29.3 Å². The van der Waals surface area contributed by atoms with Gasteiger partial charge in [-0.3, -0.25) is 9.63 Å². The van der Waals surface area contributed by atoms with Gasteiger partial charge in [0.25, 0.3) is 6.29 Å². The molecule has 2 atom stereocenters.